The van der Waals surface area contributed by atoms with Crippen molar-refractivity contribution in [2.24, 2.45) is 10.2 Å². The van der Waals surface area contributed by atoms with Crippen LogP contribution in [-0.4, -0.2) is 93.4 Å². The predicted octanol–water partition coefficient (Wildman–Crippen LogP) is 4.71. The Hall–Kier alpha value is -3.79. The summed E-state index contributed by atoms with van der Waals surface area (Å²) in [6.07, 6.45) is -7.83. The van der Waals surface area contributed by atoms with E-state index < -0.39 is 73.0 Å². The second-order valence-electron chi connectivity index (χ2n) is 12.0. The molecule has 0 radical (unpaired) electrons. The number of methoxy groups -OCH3 is 1. The predicted molar refractivity (Wildman–Crippen MR) is 167 cm³/mol. The van der Waals surface area contributed by atoms with E-state index in [2.05, 4.69) is 20.1 Å². The normalized spacial score (nSPS) is 32.3. The molecule has 3 aliphatic rings. The number of hydrogen-bond donors (Lipinski definition) is 0. The van der Waals surface area contributed by atoms with Crippen molar-refractivity contribution < 1.29 is 47.4 Å². The lowest BCUT2D eigenvalue weighted by Crippen LogP contribution is -2.64. The highest BCUT2D eigenvalue weighted by molar-refractivity contribution is 5.66. The van der Waals surface area contributed by atoms with Crippen LogP contribution in [0.5, 0.6) is 0 Å². The minimum atomic E-state index is -1.26. The molecular weight excluding hydrogens is 628 g/mol. The van der Waals surface area contributed by atoms with Gasteiger partial charge in [-0.2, -0.15) is 0 Å². The number of azide groups is 2. The maximum atomic E-state index is 12.4. The molecule has 0 unspecified atom stereocenters. The molecule has 2 aromatic rings. The molecule has 0 N–H and O–H groups in total. The molecule has 3 saturated heterocycles. The van der Waals surface area contributed by atoms with Gasteiger partial charge in [0, 0.05) is 23.9 Å². The summed E-state index contributed by atoms with van der Waals surface area (Å²) in [5.74, 6) is -1.69. The second kappa shape index (κ2) is 16.5. The number of hydrogen-bond acceptors (Lipinski definition) is 12. The molecule has 0 saturated carbocycles. The van der Waals surface area contributed by atoms with Crippen molar-refractivity contribution in [3.05, 3.63) is 92.7 Å². The fourth-order valence-electron chi connectivity index (χ4n) is 6.06. The summed E-state index contributed by atoms with van der Waals surface area (Å²) in [5, 5.41) is 7.83. The quantitative estimate of drug-likeness (QED) is 0.118. The van der Waals surface area contributed by atoms with E-state index in [-0.39, 0.29) is 19.8 Å². The second-order valence-corrected chi connectivity index (χ2v) is 12.0. The van der Waals surface area contributed by atoms with Gasteiger partial charge in [-0.15, -0.1) is 0 Å². The minimum Gasteiger partial charge on any atom is -0.459 e. The number of nitrogens with zero attached hydrogens (tertiary/aromatic N) is 6. The highest BCUT2D eigenvalue weighted by Crippen LogP contribution is 2.41. The molecule has 2 aromatic carbocycles. The fourth-order valence-corrected chi connectivity index (χ4v) is 6.06. The largest absolute Gasteiger partial charge is 0.459 e. The summed E-state index contributed by atoms with van der Waals surface area (Å²) in [6.45, 7) is 5.32. The minimum absolute atomic E-state index is 0.0403. The van der Waals surface area contributed by atoms with Crippen LogP contribution in [0, 0.1) is 0 Å². The first-order valence-electron chi connectivity index (χ1n) is 15.6. The Bertz CT molecular complexity index is 1440. The Morgan fingerprint density at radius 1 is 0.792 bits per heavy atom. The van der Waals surface area contributed by atoms with E-state index in [1.165, 1.54) is 14.0 Å². The molecule has 10 atom stereocenters. The smallest absolute Gasteiger partial charge is 0.303 e. The van der Waals surface area contributed by atoms with Crippen molar-refractivity contribution in [2.75, 3.05) is 20.3 Å². The molecule has 16 nitrogen and oxygen atoms in total. The van der Waals surface area contributed by atoms with Gasteiger partial charge in [-0.1, -0.05) is 70.9 Å². The van der Waals surface area contributed by atoms with Gasteiger partial charge in [0.05, 0.1) is 26.4 Å². The molecule has 3 aliphatic heterocycles. The van der Waals surface area contributed by atoms with Gasteiger partial charge in [0.25, 0.3) is 0 Å². The van der Waals surface area contributed by atoms with Crippen LogP contribution in [0.4, 0.5) is 0 Å². The van der Waals surface area contributed by atoms with Crippen molar-refractivity contribution in [3.8, 4) is 0 Å². The number of esters is 1. The average Bonchev–Trinajstić information content (AvgIpc) is 3.40. The lowest BCUT2D eigenvalue weighted by molar-refractivity contribution is -0.323. The summed E-state index contributed by atoms with van der Waals surface area (Å²) < 4.78 is 54.9. The zero-order valence-electron chi connectivity index (χ0n) is 27.1. The third-order valence-corrected chi connectivity index (χ3v) is 8.05. The molecule has 0 aliphatic carbocycles. The first-order chi connectivity index (χ1) is 23.2. The van der Waals surface area contributed by atoms with E-state index in [0.29, 0.717) is 6.61 Å². The monoisotopic (exact) mass is 668 g/mol. The summed E-state index contributed by atoms with van der Waals surface area (Å²) >= 11 is 0. The number of carbonyl (C=O) groups is 1. The third kappa shape index (κ3) is 8.81. The molecule has 258 valence electrons. The zero-order chi connectivity index (χ0) is 34.1. The average molecular weight is 669 g/mol. The van der Waals surface area contributed by atoms with E-state index in [1.807, 2.05) is 60.7 Å². The Morgan fingerprint density at radius 2 is 1.33 bits per heavy atom. The maximum Gasteiger partial charge on any atom is 0.303 e. The molecular formula is C32H40N6O10. The van der Waals surface area contributed by atoms with Crippen LogP contribution in [0.15, 0.2) is 70.9 Å². The van der Waals surface area contributed by atoms with Gasteiger partial charge in [-0.05, 0) is 36.0 Å². The highest BCUT2D eigenvalue weighted by atomic mass is 16.8. The lowest BCUT2D eigenvalue weighted by Gasteiger charge is -2.47. The topological polar surface area (TPSA) is 198 Å². The summed E-state index contributed by atoms with van der Waals surface area (Å²) in [4.78, 5) is 18.4. The summed E-state index contributed by atoms with van der Waals surface area (Å²) in [5.41, 5.74) is 20.9. The highest BCUT2D eigenvalue weighted by Gasteiger charge is 2.58. The fraction of sp³-hybridized carbons (Fsp3) is 0.594. The van der Waals surface area contributed by atoms with E-state index in [4.69, 9.17) is 42.6 Å². The number of benzene rings is 2. The van der Waals surface area contributed by atoms with Crippen molar-refractivity contribution in [1.82, 2.24) is 0 Å². The molecule has 48 heavy (non-hydrogen) atoms. The molecule has 3 heterocycles. The molecule has 3 fully saturated rings. The van der Waals surface area contributed by atoms with Crippen molar-refractivity contribution in [2.45, 2.75) is 101 Å². The number of rotatable bonds is 14. The maximum absolute atomic E-state index is 12.4. The van der Waals surface area contributed by atoms with Crippen LogP contribution in [-0.2, 0) is 60.6 Å². The van der Waals surface area contributed by atoms with Gasteiger partial charge in [0.1, 0.15) is 48.7 Å². The molecule has 0 bridgehead atoms. The van der Waals surface area contributed by atoms with Gasteiger partial charge in [-0.25, -0.2) is 0 Å². The van der Waals surface area contributed by atoms with Gasteiger partial charge in [0.2, 0.25) is 0 Å². The summed E-state index contributed by atoms with van der Waals surface area (Å²) in [7, 11) is 1.37. The van der Waals surface area contributed by atoms with E-state index >= 15 is 0 Å². The van der Waals surface area contributed by atoms with Crippen molar-refractivity contribution in [1.29, 1.82) is 0 Å². The van der Waals surface area contributed by atoms with Gasteiger partial charge < -0.3 is 42.6 Å². The molecule has 0 amide bonds. The molecule has 0 spiro atoms. The molecule has 16 heteroatoms. The van der Waals surface area contributed by atoms with Crippen molar-refractivity contribution >= 4 is 5.97 Å². The van der Waals surface area contributed by atoms with Gasteiger partial charge in [0.15, 0.2) is 18.4 Å². The van der Waals surface area contributed by atoms with Gasteiger partial charge >= 0.3 is 5.97 Å². The van der Waals surface area contributed by atoms with Crippen LogP contribution in [0.3, 0.4) is 0 Å². The van der Waals surface area contributed by atoms with Crippen LogP contribution in [0.2, 0.25) is 0 Å². The van der Waals surface area contributed by atoms with Gasteiger partial charge in [-0.3, -0.25) is 4.79 Å². The Balaban J connectivity index is 1.44. The third-order valence-electron chi connectivity index (χ3n) is 8.05. The zero-order valence-corrected chi connectivity index (χ0v) is 27.1. The lowest BCUT2D eigenvalue weighted by atomic mass is 9.95. The number of fused-ring (bicyclic) bond motifs is 1. The summed E-state index contributed by atoms with van der Waals surface area (Å²) in [6, 6.07) is 16.9. The van der Waals surface area contributed by atoms with E-state index in [9.17, 15) is 15.9 Å². The number of carbonyl (C=O) groups excluding carboxylic acids is 1. The Labute approximate surface area is 277 Å². The van der Waals surface area contributed by atoms with Crippen LogP contribution < -0.4 is 0 Å². The molecule has 0 aromatic heterocycles. The van der Waals surface area contributed by atoms with Crippen LogP contribution in [0.1, 0.15) is 31.9 Å². The molecule has 5 rings (SSSR count). The van der Waals surface area contributed by atoms with Crippen LogP contribution in [0.25, 0.3) is 20.9 Å². The van der Waals surface area contributed by atoms with Crippen LogP contribution >= 0.6 is 0 Å². The Morgan fingerprint density at radius 3 is 1.90 bits per heavy atom. The Kier molecular flexibility index (Phi) is 12.2. The van der Waals surface area contributed by atoms with Crippen molar-refractivity contribution in [3.63, 3.8) is 0 Å². The SMILES string of the molecule is CO[C@H]1O[C@H](COCc2ccccc2)[C@H](O[C@H]2O[C@H](COCc3ccccc3)[C@@H]3OC(C)(C)O[C@@H]3[C@H]2N=[N+]=[N-])[C@H](OC(C)=O)[C@H]1N=[N+]=[N-]. The standard InChI is InChI=1S/C32H40N6O10/c1-19(39)43-28-24(35-37-33)30(40-4)44-22(17-41-15-20-11-7-5-8-12-20)26(28)46-31-25(36-38-34)29-27(47-32(2,3)48-29)23(45-31)18-42-16-21-13-9-6-10-14-21/h5-14,22-31H,15-18H2,1-4H3/t22-,23-,24-,25-,26+,27+,28-,29-,30+,31-/m1/s1. The van der Waals surface area contributed by atoms with E-state index in [0.717, 1.165) is 11.1 Å². The first kappa shape index (κ1) is 35.5. The van der Waals surface area contributed by atoms with E-state index in [1.54, 1.807) is 13.8 Å². The number of ether oxygens (including phenoxy) is 9. The first-order valence-corrected chi connectivity index (χ1v) is 15.6.